The fraction of sp³-hybridized carbons (Fsp3) is 0.258. The number of benzene rings is 3. The summed E-state index contributed by atoms with van der Waals surface area (Å²) in [5.74, 6) is 1.17. The van der Waals surface area contributed by atoms with Crippen LogP contribution in [0.4, 0.5) is 5.69 Å². The number of para-hydroxylation sites is 1. The van der Waals surface area contributed by atoms with Crippen LogP contribution in [-0.4, -0.2) is 63.7 Å². The summed E-state index contributed by atoms with van der Waals surface area (Å²) in [5, 5.41) is 3.25. The Labute approximate surface area is 247 Å². The number of amidine groups is 2. The molecule has 3 amide bonds. The predicted octanol–water partition coefficient (Wildman–Crippen LogP) is 3.86. The zero-order chi connectivity index (χ0) is 29.1. The maximum atomic E-state index is 13.6. The largest absolute Gasteiger partial charge is 0.454 e. The molecule has 3 aromatic rings. The highest BCUT2D eigenvalue weighted by Gasteiger charge is 2.42. The van der Waals surface area contributed by atoms with E-state index < -0.39 is 6.04 Å². The van der Waals surface area contributed by atoms with Crippen LogP contribution in [0.25, 0.3) is 0 Å². The highest BCUT2D eigenvalue weighted by molar-refractivity contribution is 8.14. The summed E-state index contributed by atoms with van der Waals surface area (Å²) in [6, 6.07) is 21.8. The van der Waals surface area contributed by atoms with Crippen LogP contribution >= 0.6 is 11.8 Å². The number of nitrogens with one attached hydrogen (secondary N) is 1. The Kier molecular flexibility index (Phi) is 7.91. The molecule has 0 saturated carbocycles. The fourth-order valence-corrected chi connectivity index (χ4v) is 5.83. The van der Waals surface area contributed by atoms with Crippen LogP contribution in [0.1, 0.15) is 30.0 Å². The molecule has 42 heavy (non-hydrogen) atoms. The Balaban J connectivity index is 1.13. The number of ether oxygens (including phenoxy) is 2. The maximum absolute atomic E-state index is 13.6. The molecule has 0 bridgehead atoms. The van der Waals surface area contributed by atoms with Gasteiger partial charge >= 0.3 is 0 Å². The monoisotopic (exact) mass is 583 g/mol. The van der Waals surface area contributed by atoms with Crippen LogP contribution in [-0.2, 0) is 27.5 Å². The molecular weight excluding hydrogens is 554 g/mol. The summed E-state index contributed by atoms with van der Waals surface area (Å²) in [5.41, 5.74) is 3.28. The highest BCUT2D eigenvalue weighted by Crippen LogP contribution is 2.35. The lowest BCUT2D eigenvalue weighted by Gasteiger charge is -2.26. The fourth-order valence-electron chi connectivity index (χ4n) is 4.93. The number of carbonyl (C=O) groups is 3. The number of rotatable bonds is 9. The zero-order valence-electron chi connectivity index (χ0n) is 23.0. The van der Waals surface area contributed by atoms with Crippen LogP contribution in [0.5, 0.6) is 11.5 Å². The zero-order valence-corrected chi connectivity index (χ0v) is 23.8. The van der Waals surface area contributed by atoms with Crippen molar-refractivity contribution < 1.29 is 23.9 Å². The summed E-state index contributed by atoms with van der Waals surface area (Å²) in [4.78, 5) is 52.2. The van der Waals surface area contributed by atoms with E-state index in [2.05, 4.69) is 10.3 Å². The van der Waals surface area contributed by atoms with Crippen LogP contribution in [0.2, 0.25) is 0 Å². The number of thioether (sulfide) groups is 1. The molecule has 1 N–H and O–H groups in total. The first-order chi connectivity index (χ1) is 20.5. The summed E-state index contributed by atoms with van der Waals surface area (Å²) in [6.45, 7) is 3.46. The van der Waals surface area contributed by atoms with Crippen molar-refractivity contribution in [2.75, 3.05) is 19.1 Å². The number of nitrogens with zero attached hydrogens (tertiary/aromatic N) is 4. The quantitative estimate of drug-likeness (QED) is 0.409. The van der Waals surface area contributed by atoms with Crippen molar-refractivity contribution in [3.8, 4) is 11.5 Å². The minimum atomic E-state index is -0.894. The molecule has 1 atom stereocenters. The lowest BCUT2D eigenvalue weighted by atomic mass is 10.1. The second-order valence-corrected chi connectivity index (χ2v) is 10.8. The molecule has 214 valence electrons. The van der Waals surface area contributed by atoms with Crippen molar-refractivity contribution in [1.29, 1.82) is 0 Å². The van der Waals surface area contributed by atoms with Gasteiger partial charge in [-0.3, -0.25) is 19.4 Å². The maximum Gasteiger partial charge on any atom is 0.259 e. The van der Waals surface area contributed by atoms with E-state index in [0.717, 1.165) is 11.1 Å². The van der Waals surface area contributed by atoms with Crippen molar-refractivity contribution in [1.82, 2.24) is 15.1 Å². The topological polar surface area (TPSA) is 113 Å². The second kappa shape index (κ2) is 12.1. The number of aliphatic imine (C=N–C) groups is 2. The molecule has 0 spiro atoms. The van der Waals surface area contributed by atoms with Gasteiger partial charge in [0.05, 0.1) is 17.9 Å². The van der Waals surface area contributed by atoms with E-state index in [9.17, 15) is 14.4 Å². The van der Waals surface area contributed by atoms with Crippen molar-refractivity contribution >= 4 is 46.2 Å². The van der Waals surface area contributed by atoms with Crippen LogP contribution in [0, 0.1) is 0 Å². The average molecular weight is 584 g/mol. The van der Waals surface area contributed by atoms with E-state index >= 15 is 0 Å². The van der Waals surface area contributed by atoms with E-state index in [0.29, 0.717) is 46.8 Å². The van der Waals surface area contributed by atoms with E-state index in [-0.39, 0.29) is 43.2 Å². The molecule has 3 aliphatic heterocycles. The minimum Gasteiger partial charge on any atom is -0.454 e. The van der Waals surface area contributed by atoms with Crippen molar-refractivity contribution in [3.63, 3.8) is 0 Å². The smallest absolute Gasteiger partial charge is 0.259 e. The van der Waals surface area contributed by atoms with Gasteiger partial charge in [0, 0.05) is 25.2 Å². The molecule has 0 aliphatic carbocycles. The van der Waals surface area contributed by atoms with Gasteiger partial charge in [-0.15, -0.1) is 0 Å². The predicted molar refractivity (Wildman–Crippen MR) is 160 cm³/mol. The first kappa shape index (κ1) is 27.5. The summed E-state index contributed by atoms with van der Waals surface area (Å²) in [6.07, 6.45) is -0.108. The third-order valence-corrected chi connectivity index (χ3v) is 8.05. The molecule has 3 aliphatic rings. The molecule has 6 rings (SSSR count). The summed E-state index contributed by atoms with van der Waals surface area (Å²) < 4.78 is 10.7. The van der Waals surface area contributed by atoms with Gasteiger partial charge in [0.2, 0.25) is 18.6 Å². The summed E-state index contributed by atoms with van der Waals surface area (Å²) >= 11 is 1.20. The van der Waals surface area contributed by atoms with Crippen LogP contribution < -0.4 is 14.8 Å². The minimum absolute atomic E-state index is 0.0579. The molecular formula is C31H29N5O5S. The van der Waals surface area contributed by atoms with E-state index in [1.807, 2.05) is 73.7 Å². The molecule has 10 nitrogen and oxygen atoms in total. The Morgan fingerprint density at radius 3 is 2.64 bits per heavy atom. The third-order valence-electron chi connectivity index (χ3n) is 7.13. The number of hydrogen-bond acceptors (Lipinski definition) is 8. The van der Waals surface area contributed by atoms with Gasteiger partial charge in [-0.05, 0) is 42.3 Å². The molecule has 11 heteroatoms. The molecule has 0 unspecified atom stereocenters. The second-order valence-electron chi connectivity index (χ2n) is 9.90. The first-order valence-electron chi connectivity index (χ1n) is 13.7. The number of carbonyl (C=O) groups excluding carboxylic acids is 3. The number of hydrogen-bond donors (Lipinski definition) is 1. The Morgan fingerprint density at radius 2 is 1.81 bits per heavy atom. The SMILES string of the molecule is CCN(Cc1ccccc1)C(=O)CSC1=Nc2ccccc2C2=N[C@@H](CC(=O)NCc3ccc4c(c3)OCO4)C(=O)N12. The third kappa shape index (κ3) is 5.73. The molecule has 0 aromatic heterocycles. The molecule has 0 saturated heterocycles. The first-order valence-corrected chi connectivity index (χ1v) is 14.7. The standard InChI is InChI=1S/C31H29N5O5S/c1-2-35(17-20-8-4-3-5-9-20)28(38)18-42-31-34-23-11-7-6-10-22(23)29-33-24(30(39)36(29)31)15-27(37)32-16-21-12-13-25-26(14-21)41-19-40-25/h3-14,24H,2,15-19H2,1H3,(H,32,37)/t24-/m0/s1. The normalized spacial score (nSPS) is 16.4. The van der Waals surface area contributed by atoms with Crippen molar-refractivity contribution in [3.05, 3.63) is 89.5 Å². The van der Waals surface area contributed by atoms with Crippen LogP contribution in [0.3, 0.4) is 0 Å². The Hall–Kier alpha value is -4.64. The molecule has 3 aromatic carbocycles. The summed E-state index contributed by atoms with van der Waals surface area (Å²) in [7, 11) is 0. The van der Waals surface area contributed by atoms with Gasteiger partial charge in [-0.1, -0.05) is 60.3 Å². The van der Waals surface area contributed by atoms with Gasteiger partial charge in [0.25, 0.3) is 5.91 Å². The Bertz CT molecular complexity index is 1590. The van der Waals surface area contributed by atoms with Crippen molar-refractivity contribution in [2.24, 2.45) is 9.98 Å². The van der Waals surface area contributed by atoms with Gasteiger partial charge in [-0.25, -0.2) is 9.89 Å². The lowest BCUT2D eigenvalue weighted by Crippen LogP contribution is -2.42. The highest BCUT2D eigenvalue weighted by atomic mass is 32.2. The number of amides is 3. The molecule has 3 heterocycles. The van der Waals surface area contributed by atoms with E-state index in [1.165, 1.54) is 16.7 Å². The van der Waals surface area contributed by atoms with Crippen LogP contribution in [0.15, 0.2) is 82.8 Å². The molecule has 0 radical (unpaired) electrons. The average Bonchev–Trinajstić information content (AvgIpc) is 3.62. The number of fused-ring (bicyclic) bond motifs is 4. The lowest BCUT2D eigenvalue weighted by molar-refractivity contribution is -0.129. The van der Waals surface area contributed by atoms with Gasteiger partial charge in [0.15, 0.2) is 16.7 Å². The van der Waals surface area contributed by atoms with Gasteiger partial charge in [0.1, 0.15) is 11.9 Å². The Morgan fingerprint density at radius 1 is 1.02 bits per heavy atom. The van der Waals surface area contributed by atoms with Gasteiger partial charge in [-0.2, -0.15) is 0 Å². The molecule has 0 fully saturated rings. The van der Waals surface area contributed by atoms with E-state index in [1.54, 1.807) is 11.0 Å². The van der Waals surface area contributed by atoms with Gasteiger partial charge < -0.3 is 19.7 Å². The van der Waals surface area contributed by atoms with E-state index in [4.69, 9.17) is 14.5 Å². The van der Waals surface area contributed by atoms with Crippen molar-refractivity contribution in [2.45, 2.75) is 32.5 Å².